The molecule has 1 rings (SSSR count). The Morgan fingerprint density at radius 1 is 1.53 bits per heavy atom. The summed E-state index contributed by atoms with van der Waals surface area (Å²) >= 11 is 3.20. The first-order chi connectivity index (χ1) is 7.04. The number of carbonyl (C=O) groups is 1. The Hall–Kier alpha value is -0.970. The number of hydrogen-bond acceptors (Lipinski definition) is 2. The highest BCUT2D eigenvalue weighted by Gasteiger charge is 2.09. The van der Waals surface area contributed by atoms with Crippen LogP contribution in [0.4, 0.5) is 14.5 Å². The summed E-state index contributed by atoms with van der Waals surface area (Å²) in [5.74, 6) is 0. The smallest absolute Gasteiger partial charge is 0.255 e. The van der Waals surface area contributed by atoms with Crippen molar-refractivity contribution in [3.05, 3.63) is 28.2 Å². The van der Waals surface area contributed by atoms with Crippen LogP contribution in [0.3, 0.4) is 0 Å². The van der Waals surface area contributed by atoms with E-state index >= 15 is 0 Å². The van der Waals surface area contributed by atoms with Crippen molar-refractivity contribution in [1.29, 1.82) is 0 Å². The summed E-state index contributed by atoms with van der Waals surface area (Å²) in [7, 11) is 1.58. The van der Waals surface area contributed by atoms with Crippen LogP contribution in [0.2, 0.25) is 0 Å². The Bertz CT molecular complexity index is 357. The Labute approximate surface area is 95.0 Å². The van der Waals surface area contributed by atoms with Gasteiger partial charge in [0, 0.05) is 22.8 Å². The maximum Gasteiger partial charge on any atom is 0.255 e. The van der Waals surface area contributed by atoms with Gasteiger partial charge in [0.15, 0.2) is 6.29 Å². The van der Waals surface area contributed by atoms with Crippen molar-refractivity contribution in [2.45, 2.75) is 6.43 Å². The number of anilines is 1. The van der Waals surface area contributed by atoms with Crippen LogP contribution in [0.1, 0.15) is 10.4 Å². The third-order valence-corrected chi connectivity index (χ3v) is 2.65. The Morgan fingerprint density at radius 2 is 2.20 bits per heavy atom. The van der Waals surface area contributed by atoms with E-state index in [4.69, 9.17) is 0 Å². The van der Waals surface area contributed by atoms with Gasteiger partial charge in [-0.25, -0.2) is 8.78 Å². The lowest BCUT2D eigenvalue weighted by molar-refractivity contribution is 0.112. The second-order valence-corrected chi connectivity index (χ2v) is 3.95. The van der Waals surface area contributed by atoms with Crippen molar-refractivity contribution in [3.63, 3.8) is 0 Å². The van der Waals surface area contributed by atoms with E-state index in [1.165, 1.54) is 4.90 Å². The molecule has 15 heavy (non-hydrogen) atoms. The van der Waals surface area contributed by atoms with E-state index in [-0.39, 0.29) is 6.54 Å². The van der Waals surface area contributed by atoms with Gasteiger partial charge in [-0.3, -0.25) is 4.79 Å². The molecular weight excluding hydrogens is 268 g/mol. The molecule has 0 radical (unpaired) electrons. The maximum atomic E-state index is 12.1. The lowest BCUT2D eigenvalue weighted by Gasteiger charge is -2.19. The fourth-order valence-corrected chi connectivity index (χ4v) is 1.62. The fourth-order valence-electron chi connectivity index (χ4n) is 1.16. The standard InChI is InChI=1S/C10H10BrF2NO/c1-14(5-10(12)13)8-3-2-7(6-15)9(11)4-8/h2-4,6,10H,5H2,1H3. The van der Waals surface area contributed by atoms with Crippen LogP contribution in [-0.4, -0.2) is 26.3 Å². The van der Waals surface area contributed by atoms with Crippen LogP contribution in [-0.2, 0) is 0 Å². The normalized spacial score (nSPS) is 10.5. The molecular formula is C10H10BrF2NO. The largest absolute Gasteiger partial charge is 0.369 e. The summed E-state index contributed by atoms with van der Waals surface area (Å²) in [5, 5.41) is 0. The Balaban J connectivity index is 2.87. The van der Waals surface area contributed by atoms with E-state index in [0.717, 1.165) is 0 Å². The van der Waals surface area contributed by atoms with Crippen molar-refractivity contribution < 1.29 is 13.6 Å². The molecule has 0 aliphatic carbocycles. The molecule has 0 aromatic heterocycles. The number of alkyl halides is 2. The Morgan fingerprint density at radius 3 is 2.67 bits per heavy atom. The summed E-state index contributed by atoms with van der Waals surface area (Å²) in [6, 6.07) is 4.87. The van der Waals surface area contributed by atoms with Crippen molar-refractivity contribution in [2.24, 2.45) is 0 Å². The van der Waals surface area contributed by atoms with E-state index in [9.17, 15) is 13.6 Å². The van der Waals surface area contributed by atoms with Gasteiger partial charge in [0.1, 0.15) is 0 Å². The number of rotatable bonds is 4. The van der Waals surface area contributed by atoms with Gasteiger partial charge in [-0.15, -0.1) is 0 Å². The first-order valence-electron chi connectivity index (χ1n) is 4.28. The first-order valence-corrected chi connectivity index (χ1v) is 5.08. The van der Waals surface area contributed by atoms with Gasteiger partial charge in [0.25, 0.3) is 6.43 Å². The molecule has 0 bridgehead atoms. The monoisotopic (exact) mass is 277 g/mol. The molecule has 0 amide bonds. The van der Waals surface area contributed by atoms with Gasteiger partial charge in [-0.2, -0.15) is 0 Å². The van der Waals surface area contributed by atoms with Gasteiger partial charge < -0.3 is 4.90 Å². The van der Waals surface area contributed by atoms with E-state index in [2.05, 4.69) is 15.9 Å². The molecule has 0 N–H and O–H groups in total. The van der Waals surface area contributed by atoms with Gasteiger partial charge in [0.2, 0.25) is 0 Å². The van der Waals surface area contributed by atoms with Crippen LogP contribution < -0.4 is 4.90 Å². The minimum Gasteiger partial charge on any atom is -0.369 e. The highest BCUT2D eigenvalue weighted by atomic mass is 79.9. The zero-order valence-electron chi connectivity index (χ0n) is 8.08. The average Bonchev–Trinajstić information content (AvgIpc) is 2.16. The lowest BCUT2D eigenvalue weighted by atomic mass is 10.2. The van der Waals surface area contributed by atoms with Crippen LogP contribution in [0, 0.1) is 0 Å². The molecule has 0 saturated heterocycles. The van der Waals surface area contributed by atoms with Crippen LogP contribution in [0.15, 0.2) is 22.7 Å². The van der Waals surface area contributed by atoms with Gasteiger partial charge >= 0.3 is 0 Å². The molecule has 2 nitrogen and oxygen atoms in total. The third-order valence-electron chi connectivity index (χ3n) is 1.96. The quantitative estimate of drug-likeness (QED) is 0.789. The number of nitrogens with zero attached hydrogens (tertiary/aromatic N) is 1. The molecule has 0 atom stereocenters. The zero-order chi connectivity index (χ0) is 11.4. The SMILES string of the molecule is CN(CC(F)F)c1ccc(C=O)c(Br)c1. The topological polar surface area (TPSA) is 20.3 Å². The summed E-state index contributed by atoms with van der Waals surface area (Å²) in [6.07, 6.45) is -1.67. The van der Waals surface area contributed by atoms with Crippen LogP contribution in [0.5, 0.6) is 0 Å². The lowest BCUT2D eigenvalue weighted by Crippen LogP contribution is -2.23. The second-order valence-electron chi connectivity index (χ2n) is 3.10. The van der Waals surface area contributed by atoms with Crippen molar-refractivity contribution in [1.82, 2.24) is 0 Å². The van der Waals surface area contributed by atoms with E-state index in [1.807, 2.05) is 0 Å². The minimum atomic E-state index is -2.38. The first kappa shape index (κ1) is 12.1. The molecule has 5 heteroatoms. The summed E-state index contributed by atoms with van der Waals surface area (Å²) in [6.45, 7) is -0.327. The zero-order valence-corrected chi connectivity index (χ0v) is 9.67. The molecule has 0 saturated carbocycles. The molecule has 0 fully saturated rings. The highest BCUT2D eigenvalue weighted by molar-refractivity contribution is 9.10. The molecule has 0 spiro atoms. The molecule has 1 aromatic rings. The fraction of sp³-hybridized carbons (Fsp3) is 0.300. The summed E-state index contributed by atoms with van der Waals surface area (Å²) in [5.41, 5.74) is 1.15. The minimum absolute atomic E-state index is 0.327. The van der Waals surface area contributed by atoms with Gasteiger partial charge in [-0.05, 0) is 34.1 Å². The third kappa shape index (κ3) is 3.27. The number of carbonyl (C=O) groups excluding carboxylic acids is 1. The van der Waals surface area contributed by atoms with Crippen molar-refractivity contribution in [2.75, 3.05) is 18.5 Å². The molecule has 0 unspecified atom stereocenters. The van der Waals surface area contributed by atoms with Crippen LogP contribution in [0.25, 0.3) is 0 Å². The van der Waals surface area contributed by atoms with E-state index < -0.39 is 6.43 Å². The second kappa shape index (κ2) is 5.21. The summed E-state index contributed by atoms with van der Waals surface area (Å²) < 4.78 is 24.8. The van der Waals surface area contributed by atoms with Crippen molar-refractivity contribution >= 4 is 27.9 Å². The van der Waals surface area contributed by atoms with E-state index in [1.54, 1.807) is 25.2 Å². The van der Waals surface area contributed by atoms with Crippen LogP contribution >= 0.6 is 15.9 Å². The molecule has 82 valence electrons. The van der Waals surface area contributed by atoms with Gasteiger partial charge in [0.05, 0.1) is 6.54 Å². The predicted molar refractivity (Wildman–Crippen MR) is 58.8 cm³/mol. The summed E-state index contributed by atoms with van der Waals surface area (Å²) in [4.78, 5) is 12.0. The highest BCUT2D eigenvalue weighted by Crippen LogP contribution is 2.22. The molecule has 0 aliphatic rings. The van der Waals surface area contributed by atoms with Crippen molar-refractivity contribution in [3.8, 4) is 0 Å². The molecule has 0 heterocycles. The average molecular weight is 278 g/mol. The maximum absolute atomic E-state index is 12.1. The molecule has 0 aliphatic heterocycles. The Kier molecular flexibility index (Phi) is 4.20. The number of aldehydes is 1. The molecule has 1 aromatic carbocycles. The van der Waals surface area contributed by atoms with Gasteiger partial charge in [-0.1, -0.05) is 0 Å². The number of benzene rings is 1. The number of halogens is 3. The van der Waals surface area contributed by atoms with E-state index in [0.29, 0.717) is 22.0 Å². The number of hydrogen-bond donors (Lipinski definition) is 0. The predicted octanol–water partition coefficient (Wildman–Crippen LogP) is 2.96.